The van der Waals surface area contributed by atoms with Crippen LogP contribution in [0.4, 0.5) is 5.69 Å². The molecule has 0 spiro atoms. The number of hydrogen-bond donors (Lipinski definition) is 0. The molecule has 0 fully saturated rings. The first-order valence-electron chi connectivity index (χ1n) is 6.20. The second-order valence-electron chi connectivity index (χ2n) is 4.80. The summed E-state index contributed by atoms with van der Waals surface area (Å²) in [7, 11) is 2.18. The van der Waals surface area contributed by atoms with E-state index in [9.17, 15) is 0 Å². The van der Waals surface area contributed by atoms with Crippen molar-refractivity contribution in [2.24, 2.45) is 0 Å². The van der Waals surface area contributed by atoms with E-state index < -0.39 is 0 Å². The summed E-state index contributed by atoms with van der Waals surface area (Å²) in [6.45, 7) is 1.16. The molecule has 0 atom stereocenters. The quantitative estimate of drug-likeness (QED) is 0.755. The number of fused-ring (bicyclic) bond motifs is 1. The molecular formula is C16H17N. The number of hydrogen-bond acceptors (Lipinski definition) is 1. The number of likely N-dealkylation sites (N-methyl/N-ethyl adjacent to an activating group) is 1. The lowest BCUT2D eigenvalue weighted by molar-refractivity contribution is 0.956. The Labute approximate surface area is 103 Å². The van der Waals surface area contributed by atoms with Gasteiger partial charge in [-0.25, -0.2) is 0 Å². The molecule has 1 aliphatic rings. The molecular weight excluding hydrogens is 206 g/mol. The summed E-state index contributed by atoms with van der Waals surface area (Å²) in [5.41, 5.74) is 5.69. The molecule has 3 rings (SSSR count). The summed E-state index contributed by atoms with van der Waals surface area (Å²) < 4.78 is 0. The van der Waals surface area contributed by atoms with Gasteiger partial charge in [0, 0.05) is 19.3 Å². The summed E-state index contributed by atoms with van der Waals surface area (Å²) >= 11 is 0. The van der Waals surface area contributed by atoms with Crippen molar-refractivity contribution >= 4 is 5.69 Å². The molecule has 0 aromatic heterocycles. The van der Waals surface area contributed by atoms with Crippen LogP contribution in [-0.4, -0.2) is 13.6 Å². The van der Waals surface area contributed by atoms with Crippen LogP contribution < -0.4 is 4.90 Å². The first kappa shape index (κ1) is 10.4. The molecule has 0 aliphatic carbocycles. The lowest BCUT2D eigenvalue weighted by atomic mass is 10.0. The molecule has 1 heteroatoms. The minimum Gasteiger partial charge on any atom is -0.374 e. The Bertz CT molecular complexity index is 516. The van der Waals surface area contributed by atoms with E-state index in [0.29, 0.717) is 0 Å². The van der Waals surface area contributed by atoms with Gasteiger partial charge in [0.2, 0.25) is 0 Å². The van der Waals surface area contributed by atoms with Crippen LogP contribution in [0.3, 0.4) is 0 Å². The van der Waals surface area contributed by atoms with Crippen molar-refractivity contribution in [2.45, 2.75) is 12.8 Å². The lowest BCUT2D eigenvalue weighted by Gasteiger charge is -2.13. The Morgan fingerprint density at radius 1 is 1.00 bits per heavy atom. The van der Waals surface area contributed by atoms with Crippen molar-refractivity contribution in [1.82, 2.24) is 0 Å². The predicted molar refractivity (Wildman–Crippen MR) is 72.7 cm³/mol. The van der Waals surface area contributed by atoms with Gasteiger partial charge in [-0.1, -0.05) is 42.5 Å². The van der Waals surface area contributed by atoms with E-state index in [2.05, 4.69) is 60.5 Å². The monoisotopic (exact) mass is 223 g/mol. The maximum atomic E-state index is 2.35. The zero-order chi connectivity index (χ0) is 11.7. The molecule has 0 amide bonds. The Kier molecular flexibility index (Phi) is 2.60. The zero-order valence-corrected chi connectivity index (χ0v) is 10.2. The highest BCUT2D eigenvalue weighted by atomic mass is 15.1. The molecule has 0 saturated carbocycles. The van der Waals surface area contributed by atoms with Crippen molar-refractivity contribution in [3.05, 3.63) is 65.2 Å². The molecule has 0 N–H and O–H groups in total. The van der Waals surface area contributed by atoms with Gasteiger partial charge in [-0.3, -0.25) is 0 Å². The van der Waals surface area contributed by atoms with E-state index in [4.69, 9.17) is 0 Å². The molecule has 1 aliphatic heterocycles. The molecule has 2 aromatic rings. The van der Waals surface area contributed by atoms with Crippen LogP contribution in [0.15, 0.2) is 48.5 Å². The highest BCUT2D eigenvalue weighted by Crippen LogP contribution is 2.28. The minimum absolute atomic E-state index is 1.03. The van der Waals surface area contributed by atoms with Gasteiger partial charge < -0.3 is 4.90 Å². The second-order valence-corrected chi connectivity index (χ2v) is 4.80. The zero-order valence-electron chi connectivity index (χ0n) is 10.2. The third-order valence-corrected chi connectivity index (χ3v) is 3.53. The second kappa shape index (κ2) is 4.25. The van der Waals surface area contributed by atoms with Gasteiger partial charge in [-0.15, -0.1) is 0 Å². The fourth-order valence-electron chi connectivity index (χ4n) is 2.53. The number of rotatable bonds is 2. The maximum Gasteiger partial charge on any atom is 0.0399 e. The van der Waals surface area contributed by atoms with E-state index in [-0.39, 0.29) is 0 Å². The van der Waals surface area contributed by atoms with E-state index in [1.807, 2.05) is 0 Å². The van der Waals surface area contributed by atoms with Gasteiger partial charge in [0.1, 0.15) is 0 Å². The smallest absolute Gasteiger partial charge is 0.0399 e. The van der Waals surface area contributed by atoms with Crippen molar-refractivity contribution < 1.29 is 0 Å². The van der Waals surface area contributed by atoms with Crippen LogP contribution in [0.2, 0.25) is 0 Å². The molecule has 1 heterocycles. The molecule has 17 heavy (non-hydrogen) atoms. The molecule has 0 saturated heterocycles. The third kappa shape index (κ3) is 2.05. The SMILES string of the molecule is CN1CCc2ccc(Cc3ccccc3)cc21. The Morgan fingerprint density at radius 2 is 1.82 bits per heavy atom. The van der Waals surface area contributed by atoms with E-state index in [1.165, 1.54) is 28.8 Å². The van der Waals surface area contributed by atoms with Crippen LogP contribution >= 0.6 is 0 Å². The largest absolute Gasteiger partial charge is 0.374 e. The van der Waals surface area contributed by atoms with E-state index >= 15 is 0 Å². The number of anilines is 1. The van der Waals surface area contributed by atoms with Crippen molar-refractivity contribution in [1.29, 1.82) is 0 Å². The van der Waals surface area contributed by atoms with Gasteiger partial charge in [0.25, 0.3) is 0 Å². The van der Waals surface area contributed by atoms with Gasteiger partial charge >= 0.3 is 0 Å². The molecule has 0 radical (unpaired) electrons. The number of benzene rings is 2. The first-order valence-corrected chi connectivity index (χ1v) is 6.20. The average molecular weight is 223 g/mol. The standard InChI is InChI=1S/C16H17N/c1-17-10-9-15-8-7-14(12-16(15)17)11-13-5-3-2-4-6-13/h2-8,12H,9-11H2,1H3. The maximum absolute atomic E-state index is 2.35. The summed E-state index contributed by atoms with van der Waals surface area (Å²) in [5.74, 6) is 0. The van der Waals surface area contributed by atoms with Crippen molar-refractivity contribution in [2.75, 3.05) is 18.5 Å². The van der Waals surface area contributed by atoms with Gasteiger partial charge in [0.05, 0.1) is 0 Å². The highest BCUT2D eigenvalue weighted by Gasteiger charge is 2.15. The Balaban J connectivity index is 1.88. The van der Waals surface area contributed by atoms with Crippen molar-refractivity contribution in [3.8, 4) is 0 Å². The summed E-state index contributed by atoms with van der Waals surface area (Å²) in [6.07, 6.45) is 2.22. The summed E-state index contributed by atoms with van der Waals surface area (Å²) in [4.78, 5) is 2.35. The normalized spacial score (nSPS) is 13.8. The third-order valence-electron chi connectivity index (χ3n) is 3.53. The molecule has 1 nitrogen and oxygen atoms in total. The van der Waals surface area contributed by atoms with Gasteiger partial charge in [-0.05, 0) is 35.6 Å². The molecule has 0 bridgehead atoms. The van der Waals surface area contributed by atoms with E-state index in [0.717, 1.165) is 13.0 Å². The van der Waals surface area contributed by atoms with E-state index in [1.54, 1.807) is 0 Å². The molecule has 0 unspecified atom stereocenters. The van der Waals surface area contributed by atoms with Crippen LogP contribution in [0.5, 0.6) is 0 Å². The molecule has 2 aromatic carbocycles. The average Bonchev–Trinajstić information content (AvgIpc) is 2.73. The number of nitrogens with zero attached hydrogens (tertiary/aromatic N) is 1. The summed E-state index contributed by atoms with van der Waals surface area (Å²) in [6, 6.07) is 17.6. The van der Waals surface area contributed by atoms with Crippen LogP contribution in [0.25, 0.3) is 0 Å². The highest BCUT2D eigenvalue weighted by molar-refractivity contribution is 5.59. The Morgan fingerprint density at radius 3 is 2.65 bits per heavy atom. The van der Waals surface area contributed by atoms with Crippen LogP contribution in [0, 0.1) is 0 Å². The topological polar surface area (TPSA) is 3.24 Å². The predicted octanol–water partition coefficient (Wildman–Crippen LogP) is 3.27. The molecule has 86 valence electrons. The van der Waals surface area contributed by atoms with Gasteiger partial charge in [0.15, 0.2) is 0 Å². The lowest BCUT2D eigenvalue weighted by Crippen LogP contribution is -2.12. The van der Waals surface area contributed by atoms with Crippen LogP contribution in [-0.2, 0) is 12.8 Å². The minimum atomic E-state index is 1.03. The summed E-state index contributed by atoms with van der Waals surface area (Å²) in [5, 5.41) is 0. The first-order chi connectivity index (χ1) is 8.33. The van der Waals surface area contributed by atoms with Crippen molar-refractivity contribution in [3.63, 3.8) is 0 Å². The Hall–Kier alpha value is -1.76. The van der Waals surface area contributed by atoms with Gasteiger partial charge in [-0.2, -0.15) is 0 Å². The fraction of sp³-hybridized carbons (Fsp3) is 0.250. The fourth-order valence-corrected chi connectivity index (χ4v) is 2.53. The van der Waals surface area contributed by atoms with Crippen LogP contribution in [0.1, 0.15) is 16.7 Å².